The van der Waals surface area contributed by atoms with Gasteiger partial charge in [0, 0.05) is 23.2 Å². The Morgan fingerprint density at radius 1 is 1.05 bits per heavy atom. The van der Waals surface area contributed by atoms with Crippen molar-refractivity contribution in [2.45, 2.75) is 39.4 Å². The molecule has 4 aromatic rings. The molecule has 0 saturated carbocycles. The highest BCUT2D eigenvalue weighted by Crippen LogP contribution is 2.39. The Morgan fingerprint density at radius 3 is 2.54 bits per heavy atom. The zero-order chi connectivity index (χ0) is 29.0. The summed E-state index contributed by atoms with van der Waals surface area (Å²) in [4.78, 5) is 63.0. The van der Waals surface area contributed by atoms with Crippen LogP contribution >= 0.6 is 0 Å². The van der Waals surface area contributed by atoms with Gasteiger partial charge in [0.15, 0.2) is 0 Å². The van der Waals surface area contributed by atoms with Crippen LogP contribution < -0.4 is 15.8 Å². The van der Waals surface area contributed by atoms with Crippen LogP contribution in [-0.4, -0.2) is 50.7 Å². The second kappa shape index (κ2) is 9.81. The number of rotatable bonds is 5. The minimum absolute atomic E-state index is 0.167. The standard InChI is InChI=1S/C31H27N5O5/c1-16-13-20-11-12-35-26(20)23(14-16)25(19-7-5-4-6-8-19)34-27(30(35)39)36-18(3)33-24-15-21(9-10-22(24)29(36)38)28(37)32-17(2)31(40)41/h4-10,13-15,17,27H,11-12H2,1-3H3,(H,32,37)(H,40,41). The highest BCUT2D eigenvalue weighted by Gasteiger charge is 2.38. The number of anilines is 1. The summed E-state index contributed by atoms with van der Waals surface area (Å²) in [6, 6.07) is 17.0. The van der Waals surface area contributed by atoms with Gasteiger partial charge in [0.2, 0.25) is 6.17 Å². The first-order chi connectivity index (χ1) is 19.6. The Kier molecular flexibility index (Phi) is 6.25. The van der Waals surface area contributed by atoms with E-state index in [0.29, 0.717) is 18.7 Å². The lowest BCUT2D eigenvalue weighted by Gasteiger charge is -2.23. The molecule has 2 amide bonds. The second-order valence-corrected chi connectivity index (χ2v) is 10.4. The number of aromatic nitrogens is 2. The van der Waals surface area contributed by atoms with Crippen LogP contribution in [0.4, 0.5) is 5.69 Å². The van der Waals surface area contributed by atoms with Gasteiger partial charge in [-0.15, -0.1) is 0 Å². The van der Waals surface area contributed by atoms with Crippen molar-refractivity contribution in [2.24, 2.45) is 4.99 Å². The van der Waals surface area contributed by atoms with Crippen LogP contribution in [0.2, 0.25) is 0 Å². The third-order valence-corrected chi connectivity index (χ3v) is 7.55. The van der Waals surface area contributed by atoms with Crippen LogP contribution in [-0.2, 0) is 16.0 Å². The number of fused-ring (bicyclic) bond motifs is 1. The van der Waals surface area contributed by atoms with Crippen molar-refractivity contribution in [1.82, 2.24) is 14.9 Å². The Bertz CT molecular complexity index is 1860. The van der Waals surface area contributed by atoms with Crippen LogP contribution in [0.25, 0.3) is 10.9 Å². The summed E-state index contributed by atoms with van der Waals surface area (Å²) in [5.41, 5.74) is 5.23. The Morgan fingerprint density at radius 2 is 1.80 bits per heavy atom. The zero-order valence-electron chi connectivity index (χ0n) is 22.7. The van der Waals surface area contributed by atoms with Crippen molar-refractivity contribution in [3.63, 3.8) is 0 Å². The minimum Gasteiger partial charge on any atom is -0.480 e. The topological polar surface area (TPSA) is 134 Å². The normalized spacial score (nSPS) is 16.7. The number of aliphatic imine (C=N–C) groups is 1. The van der Waals surface area contributed by atoms with Crippen molar-refractivity contribution in [3.8, 4) is 0 Å². The minimum atomic E-state index is -1.19. The fourth-order valence-electron chi connectivity index (χ4n) is 5.57. The molecule has 6 rings (SSSR count). The maximum Gasteiger partial charge on any atom is 0.325 e. The summed E-state index contributed by atoms with van der Waals surface area (Å²) in [6.07, 6.45) is -0.479. The van der Waals surface area contributed by atoms with E-state index >= 15 is 0 Å². The smallest absolute Gasteiger partial charge is 0.325 e. The molecule has 0 saturated heterocycles. The number of benzene rings is 3. The molecule has 0 fully saturated rings. The lowest BCUT2D eigenvalue weighted by Crippen LogP contribution is -2.40. The van der Waals surface area contributed by atoms with E-state index in [4.69, 9.17) is 10.1 Å². The predicted octanol–water partition coefficient (Wildman–Crippen LogP) is 3.16. The first kappa shape index (κ1) is 26.1. The fourth-order valence-corrected chi connectivity index (χ4v) is 5.57. The molecule has 3 aromatic carbocycles. The molecule has 0 spiro atoms. The highest BCUT2D eigenvalue weighted by atomic mass is 16.4. The summed E-state index contributed by atoms with van der Waals surface area (Å²) >= 11 is 0. The van der Waals surface area contributed by atoms with E-state index in [1.165, 1.54) is 29.7 Å². The Balaban J connectivity index is 1.51. The molecular formula is C31H27N5O5. The van der Waals surface area contributed by atoms with E-state index in [2.05, 4.69) is 16.4 Å². The summed E-state index contributed by atoms with van der Waals surface area (Å²) in [5.74, 6) is -1.82. The average Bonchev–Trinajstić information content (AvgIpc) is 3.33. The lowest BCUT2D eigenvalue weighted by molar-refractivity contribution is -0.138. The molecular weight excluding hydrogens is 522 g/mol. The van der Waals surface area contributed by atoms with Crippen LogP contribution in [0.1, 0.15) is 51.5 Å². The molecule has 0 bridgehead atoms. The molecule has 1 aromatic heterocycles. The number of carbonyl (C=O) groups is 3. The van der Waals surface area contributed by atoms with Crippen LogP contribution in [0.3, 0.4) is 0 Å². The number of carbonyl (C=O) groups excluding carboxylic acids is 2. The summed E-state index contributed by atoms with van der Waals surface area (Å²) in [7, 11) is 0. The van der Waals surface area contributed by atoms with Crippen molar-refractivity contribution in [2.75, 3.05) is 11.4 Å². The maximum absolute atomic E-state index is 14.1. The average molecular weight is 550 g/mol. The number of aliphatic carboxylic acids is 1. The predicted molar refractivity (Wildman–Crippen MR) is 154 cm³/mol. The lowest BCUT2D eigenvalue weighted by atomic mass is 9.96. The van der Waals surface area contributed by atoms with Crippen molar-refractivity contribution >= 4 is 40.1 Å². The highest BCUT2D eigenvalue weighted by molar-refractivity contribution is 6.20. The maximum atomic E-state index is 14.1. The molecule has 10 nitrogen and oxygen atoms in total. The molecule has 206 valence electrons. The number of amides is 2. The van der Waals surface area contributed by atoms with E-state index < -0.39 is 29.6 Å². The number of carboxylic acids is 1. The van der Waals surface area contributed by atoms with E-state index in [1.54, 1.807) is 11.8 Å². The van der Waals surface area contributed by atoms with Gasteiger partial charge in [-0.05, 0) is 57.0 Å². The van der Waals surface area contributed by atoms with Crippen LogP contribution in [0.5, 0.6) is 0 Å². The SMILES string of the molecule is Cc1cc2c3c(c1)C(c1ccccc1)=NC(n1c(C)nc4cc(C(=O)NC(C)C(=O)O)ccc4c1=O)C(=O)N3CC2. The molecule has 2 atom stereocenters. The Hall–Kier alpha value is -5.12. The van der Waals surface area contributed by atoms with Gasteiger partial charge in [0.05, 0.1) is 22.3 Å². The van der Waals surface area contributed by atoms with Gasteiger partial charge in [-0.25, -0.2) is 9.98 Å². The van der Waals surface area contributed by atoms with Gasteiger partial charge in [-0.2, -0.15) is 0 Å². The molecule has 0 radical (unpaired) electrons. The third-order valence-electron chi connectivity index (χ3n) is 7.55. The number of nitrogens with one attached hydrogen (secondary N) is 1. The van der Waals surface area contributed by atoms with Crippen molar-refractivity contribution in [3.05, 3.63) is 105 Å². The zero-order valence-corrected chi connectivity index (χ0v) is 22.7. The van der Waals surface area contributed by atoms with Crippen LogP contribution in [0.15, 0.2) is 70.5 Å². The van der Waals surface area contributed by atoms with Gasteiger partial charge < -0.3 is 15.3 Å². The monoisotopic (exact) mass is 549 g/mol. The van der Waals surface area contributed by atoms with E-state index in [1.807, 2.05) is 43.3 Å². The van der Waals surface area contributed by atoms with Crippen molar-refractivity contribution in [1.29, 1.82) is 0 Å². The number of carboxylic acid groups (broad SMARTS) is 1. The first-order valence-electron chi connectivity index (χ1n) is 13.3. The van der Waals surface area contributed by atoms with Gasteiger partial charge in [0.25, 0.3) is 17.4 Å². The molecule has 10 heteroatoms. The van der Waals surface area contributed by atoms with E-state index in [9.17, 15) is 19.2 Å². The first-order valence-corrected chi connectivity index (χ1v) is 13.3. The molecule has 2 aliphatic heterocycles. The van der Waals surface area contributed by atoms with Crippen LogP contribution in [0, 0.1) is 13.8 Å². The third kappa shape index (κ3) is 4.37. The van der Waals surface area contributed by atoms with E-state index in [-0.39, 0.29) is 28.2 Å². The number of aryl methyl sites for hydroxylation is 2. The van der Waals surface area contributed by atoms with Crippen molar-refractivity contribution < 1.29 is 19.5 Å². The molecule has 2 N–H and O–H groups in total. The van der Waals surface area contributed by atoms with Gasteiger partial charge in [-0.1, -0.05) is 42.0 Å². The molecule has 2 aliphatic rings. The number of hydrogen-bond acceptors (Lipinski definition) is 6. The van der Waals surface area contributed by atoms with Gasteiger partial charge in [-0.3, -0.25) is 23.7 Å². The largest absolute Gasteiger partial charge is 0.480 e. The summed E-state index contributed by atoms with van der Waals surface area (Å²) < 4.78 is 1.32. The second-order valence-electron chi connectivity index (χ2n) is 10.4. The summed E-state index contributed by atoms with van der Waals surface area (Å²) in [6.45, 7) is 5.49. The fraction of sp³-hybridized carbons (Fsp3) is 0.226. The molecule has 0 aliphatic carbocycles. The van der Waals surface area contributed by atoms with E-state index in [0.717, 1.165) is 27.9 Å². The molecule has 3 heterocycles. The molecule has 41 heavy (non-hydrogen) atoms. The van der Waals surface area contributed by atoms with Gasteiger partial charge >= 0.3 is 5.97 Å². The quantitative estimate of drug-likeness (QED) is 0.393. The number of nitrogens with zero attached hydrogens (tertiary/aromatic N) is 4. The molecule has 2 unspecified atom stereocenters. The number of hydrogen-bond donors (Lipinski definition) is 2. The Labute approximate surface area is 235 Å². The summed E-state index contributed by atoms with van der Waals surface area (Å²) in [5, 5.41) is 11.7. The van der Waals surface area contributed by atoms with Gasteiger partial charge in [0.1, 0.15) is 11.9 Å².